The van der Waals surface area contributed by atoms with Gasteiger partial charge < -0.3 is 5.43 Å². The second kappa shape index (κ2) is 5.69. The minimum Gasteiger partial charge on any atom is -0.309 e. The molecule has 23 heavy (non-hydrogen) atoms. The number of carbonyl (C=O) groups excluding carboxylic acids is 1. The molecule has 0 aromatic heterocycles. The molecular weight excluding hydrogens is 284 g/mol. The van der Waals surface area contributed by atoms with Gasteiger partial charge in [0.1, 0.15) is 5.71 Å². The highest BCUT2D eigenvalue weighted by atomic mass is 16.1. The van der Waals surface area contributed by atoms with Crippen molar-refractivity contribution in [3.63, 3.8) is 0 Å². The van der Waals surface area contributed by atoms with Crippen LogP contribution in [0, 0.1) is 0 Å². The maximum Gasteiger partial charge on any atom is 0.210 e. The molecule has 0 radical (unpaired) electrons. The van der Waals surface area contributed by atoms with Gasteiger partial charge in [-0.05, 0) is 16.3 Å². The van der Waals surface area contributed by atoms with Crippen molar-refractivity contribution in [1.29, 1.82) is 0 Å². The van der Waals surface area contributed by atoms with E-state index in [0.717, 1.165) is 16.3 Å². The number of nitrogens with one attached hydrogen (secondary N) is 1. The molecule has 1 atom stereocenters. The highest BCUT2D eigenvalue weighted by molar-refractivity contribution is 6.49. The molecule has 1 aliphatic rings. The molecule has 0 saturated heterocycles. The van der Waals surface area contributed by atoms with Gasteiger partial charge in [0, 0.05) is 12.1 Å². The zero-order valence-corrected chi connectivity index (χ0v) is 12.6. The Morgan fingerprint density at radius 3 is 2.52 bits per heavy atom. The van der Waals surface area contributed by atoms with Crippen LogP contribution >= 0.6 is 0 Å². The van der Waals surface area contributed by atoms with Crippen molar-refractivity contribution in [3.05, 3.63) is 83.9 Å². The summed E-state index contributed by atoms with van der Waals surface area (Å²) in [6.07, 6.45) is 0. The molecule has 3 heteroatoms. The second-order valence-electron chi connectivity index (χ2n) is 5.68. The summed E-state index contributed by atoms with van der Waals surface area (Å²) in [5, 5.41) is 6.34. The smallest absolute Gasteiger partial charge is 0.210 e. The summed E-state index contributed by atoms with van der Waals surface area (Å²) in [5.74, 6) is 0.00308. The van der Waals surface area contributed by atoms with Crippen LogP contribution in [0.3, 0.4) is 0 Å². The molecule has 3 nitrogen and oxygen atoms in total. The number of benzene rings is 3. The highest BCUT2D eigenvalue weighted by Crippen LogP contribution is 2.25. The fraction of sp³-hybridized carbons (Fsp3) is 0.100. The normalized spacial score (nSPS) is 16.9. The molecule has 112 valence electrons. The number of hydrazone groups is 1. The van der Waals surface area contributed by atoms with Crippen molar-refractivity contribution >= 4 is 22.3 Å². The minimum absolute atomic E-state index is 0.000605. The third-order valence-corrected chi connectivity index (χ3v) is 4.29. The summed E-state index contributed by atoms with van der Waals surface area (Å²) in [5.41, 5.74) is 5.41. The Kier molecular flexibility index (Phi) is 3.39. The topological polar surface area (TPSA) is 41.5 Å². The largest absolute Gasteiger partial charge is 0.309 e. The van der Waals surface area contributed by atoms with Gasteiger partial charge in [0.05, 0.1) is 5.92 Å². The fourth-order valence-electron chi connectivity index (χ4n) is 3.13. The SMILES string of the molecule is O=C(C1=NNC[C@@H]1c1ccccc1)c1cccc2ccccc12. The van der Waals surface area contributed by atoms with E-state index in [1.54, 1.807) is 0 Å². The third-order valence-electron chi connectivity index (χ3n) is 4.29. The standard InChI is InChI=1S/C20H16N2O/c23-20(17-12-6-10-14-9-4-5-11-16(14)17)19-18(13-21-22-19)15-7-2-1-3-8-15/h1-12,18,21H,13H2/t18-/m1/s1. The number of hydrogen-bond acceptors (Lipinski definition) is 3. The van der Waals surface area contributed by atoms with Gasteiger partial charge >= 0.3 is 0 Å². The molecule has 1 N–H and O–H groups in total. The zero-order chi connectivity index (χ0) is 15.6. The zero-order valence-electron chi connectivity index (χ0n) is 12.6. The maximum atomic E-state index is 13.1. The van der Waals surface area contributed by atoms with Crippen LogP contribution in [0.25, 0.3) is 10.8 Å². The van der Waals surface area contributed by atoms with Crippen molar-refractivity contribution in [3.8, 4) is 0 Å². The fourth-order valence-corrected chi connectivity index (χ4v) is 3.13. The third kappa shape index (κ3) is 2.40. The van der Waals surface area contributed by atoms with Gasteiger partial charge in [0.25, 0.3) is 0 Å². The average Bonchev–Trinajstić information content (AvgIpc) is 3.11. The summed E-state index contributed by atoms with van der Waals surface area (Å²) in [6, 6.07) is 23.8. The van der Waals surface area contributed by atoms with E-state index in [1.807, 2.05) is 72.8 Å². The molecule has 1 aliphatic heterocycles. The molecule has 0 amide bonds. The molecule has 0 spiro atoms. The monoisotopic (exact) mass is 300 g/mol. The molecule has 0 aliphatic carbocycles. The summed E-state index contributed by atoms with van der Waals surface area (Å²) in [6.45, 7) is 0.663. The lowest BCUT2D eigenvalue weighted by molar-refractivity contribution is 0.106. The number of fused-ring (bicyclic) bond motifs is 1. The van der Waals surface area contributed by atoms with Gasteiger partial charge in [-0.1, -0.05) is 72.8 Å². The Morgan fingerprint density at radius 2 is 1.65 bits per heavy atom. The predicted octanol–water partition coefficient (Wildman–Crippen LogP) is 3.77. The minimum atomic E-state index is 0.000605. The van der Waals surface area contributed by atoms with Gasteiger partial charge in [-0.25, -0.2) is 0 Å². The Balaban J connectivity index is 1.76. The molecular formula is C20H16N2O. The second-order valence-corrected chi connectivity index (χ2v) is 5.68. The van der Waals surface area contributed by atoms with E-state index in [9.17, 15) is 4.79 Å². The predicted molar refractivity (Wildman–Crippen MR) is 92.9 cm³/mol. The molecule has 4 rings (SSSR count). The van der Waals surface area contributed by atoms with E-state index >= 15 is 0 Å². The number of ketones is 1. The summed E-state index contributed by atoms with van der Waals surface area (Å²) >= 11 is 0. The van der Waals surface area contributed by atoms with Crippen molar-refractivity contribution in [1.82, 2.24) is 5.43 Å². The first-order valence-electron chi connectivity index (χ1n) is 7.72. The first kappa shape index (κ1) is 13.7. The summed E-state index contributed by atoms with van der Waals surface area (Å²) in [4.78, 5) is 13.1. The Bertz CT molecular complexity index is 894. The van der Waals surface area contributed by atoms with Crippen molar-refractivity contribution in [2.45, 2.75) is 5.92 Å². The number of rotatable bonds is 3. The van der Waals surface area contributed by atoms with E-state index < -0.39 is 0 Å². The van der Waals surface area contributed by atoms with Crippen LogP contribution in [0.15, 0.2) is 77.9 Å². The van der Waals surface area contributed by atoms with E-state index in [-0.39, 0.29) is 11.7 Å². The summed E-state index contributed by atoms with van der Waals surface area (Å²) in [7, 11) is 0. The van der Waals surface area contributed by atoms with Crippen LogP contribution in [0.1, 0.15) is 21.8 Å². The van der Waals surface area contributed by atoms with Crippen LogP contribution in [0.4, 0.5) is 0 Å². The molecule has 1 heterocycles. The van der Waals surface area contributed by atoms with Gasteiger partial charge in [-0.15, -0.1) is 0 Å². The number of nitrogens with zero attached hydrogens (tertiary/aromatic N) is 1. The molecule has 0 saturated carbocycles. The Hall–Kier alpha value is -2.94. The number of hydrogen-bond donors (Lipinski definition) is 1. The van der Waals surface area contributed by atoms with E-state index in [1.165, 1.54) is 0 Å². The Morgan fingerprint density at radius 1 is 0.913 bits per heavy atom. The average molecular weight is 300 g/mol. The molecule has 3 aromatic carbocycles. The van der Waals surface area contributed by atoms with Gasteiger partial charge in [-0.3, -0.25) is 4.79 Å². The molecule has 3 aromatic rings. The van der Waals surface area contributed by atoms with Gasteiger partial charge in [-0.2, -0.15) is 5.10 Å². The van der Waals surface area contributed by atoms with E-state index in [4.69, 9.17) is 0 Å². The lowest BCUT2D eigenvalue weighted by atomic mass is 9.89. The van der Waals surface area contributed by atoms with Crippen molar-refractivity contribution in [2.75, 3.05) is 6.54 Å². The van der Waals surface area contributed by atoms with Crippen molar-refractivity contribution in [2.24, 2.45) is 5.10 Å². The molecule has 0 bridgehead atoms. The quantitative estimate of drug-likeness (QED) is 0.748. The van der Waals surface area contributed by atoms with Gasteiger partial charge in [0.15, 0.2) is 0 Å². The van der Waals surface area contributed by atoms with E-state index in [2.05, 4.69) is 10.5 Å². The van der Waals surface area contributed by atoms with Crippen LogP contribution < -0.4 is 5.43 Å². The lowest BCUT2D eigenvalue weighted by Crippen LogP contribution is -2.21. The molecule has 0 fully saturated rings. The number of Topliss-reactive ketones (excluding diaryl/α,β-unsaturated/α-hetero) is 1. The van der Waals surface area contributed by atoms with Gasteiger partial charge in [0.2, 0.25) is 5.78 Å². The lowest BCUT2D eigenvalue weighted by Gasteiger charge is -2.12. The summed E-state index contributed by atoms with van der Waals surface area (Å²) < 4.78 is 0. The van der Waals surface area contributed by atoms with E-state index in [0.29, 0.717) is 17.8 Å². The molecule has 0 unspecified atom stereocenters. The van der Waals surface area contributed by atoms with Crippen LogP contribution in [-0.2, 0) is 0 Å². The van der Waals surface area contributed by atoms with Crippen LogP contribution in [0.5, 0.6) is 0 Å². The number of carbonyl (C=O) groups is 1. The first-order valence-corrected chi connectivity index (χ1v) is 7.72. The van der Waals surface area contributed by atoms with Crippen molar-refractivity contribution < 1.29 is 4.79 Å². The first-order chi connectivity index (χ1) is 11.3. The van der Waals surface area contributed by atoms with Crippen LogP contribution in [-0.4, -0.2) is 18.0 Å². The Labute approximate surface area is 134 Å². The maximum absolute atomic E-state index is 13.1. The van der Waals surface area contributed by atoms with Crippen LogP contribution in [0.2, 0.25) is 0 Å². The highest BCUT2D eigenvalue weighted by Gasteiger charge is 2.30.